The number of hydrogen-bond donors (Lipinski definition) is 2. The van der Waals surface area contributed by atoms with Gasteiger partial charge in [0.2, 0.25) is 0 Å². The van der Waals surface area contributed by atoms with Gasteiger partial charge in [-0.2, -0.15) is 0 Å². The van der Waals surface area contributed by atoms with Crippen molar-refractivity contribution in [1.82, 2.24) is 15.3 Å². The molecule has 2 heterocycles. The van der Waals surface area contributed by atoms with Crippen LogP contribution in [0.4, 0.5) is 0 Å². The normalized spacial score (nSPS) is 13.3. The lowest BCUT2D eigenvalue weighted by atomic mass is 9.98. The molecule has 0 aliphatic carbocycles. The number of nitrogens with one attached hydrogen (secondary N) is 2. The quantitative estimate of drug-likeness (QED) is 0.454. The minimum Gasteiger partial charge on any atom is -0.484 e. The molecule has 0 fully saturated rings. The van der Waals surface area contributed by atoms with Crippen molar-refractivity contribution in [3.63, 3.8) is 0 Å². The molecule has 7 nitrogen and oxygen atoms in total. The van der Waals surface area contributed by atoms with Crippen LogP contribution in [0.2, 0.25) is 0 Å². The van der Waals surface area contributed by atoms with Crippen LogP contribution in [0, 0.1) is 5.92 Å². The highest BCUT2D eigenvalue weighted by atomic mass is 16.5. The average Bonchev–Trinajstić information content (AvgIpc) is 3.19. The van der Waals surface area contributed by atoms with Gasteiger partial charge in [0.1, 0.15) is 17.2 Å². The molecule has 2 unspecified atom stereocenters. The number of nitrogens with zero attached hydrogens (tertiary/aromatic N) is 1. The van der Waals surface area contributed by atoms with E-state index < -0.39 is 5.63 Å². The fourth-order valence-corrected chi connectivity index (χ4v) is 3.33. The summed E-state index contributed by atoms with van der Waals surface area (Å²) in [6.07, 6.45) is 0.882. The zero-order valence-corrected chi connectivity index (χ0v) is 16.8. The first-order chi connectivity index (χ1) is 14.5. The Morgan fingerprint density at radius 2 is 2.00 bits per heavy atom. The van der Waals surface area contributed by atoms with E-state index in [1.165, 1.54) is 6.07 Å². The second kappa shape index (κ2) is 8.41. The van der Waals surface area contributed by atoms with Crippen LogP contribution in [0.15, 0.2) is 63.8 Å². The average molecular weight is 405 g/mol. The highest BCUT2D eigenvalue weighted by Crippen LogP contribution is 2.25. The maximum atomic E-state index is 12.6. The van der Waals surface area contributed by atoms with E-state index in [9.17, 15) is 9.59 Å². The molecule has 4 rings (SSSR count). The van der Waals surface area contributed by atoms with E-state index in [1.807, 2.05) is 24.3 Å². The molecule has 0 bridgehead atoms. The summed E-state index contributed by atoms with van der Waals surface area (Å²) in [5.74, 6) is 1.11. The first-order valence-corrected chi connectivity index (χ1v) is 9.94. The number of benzene rings is 2. The number of fused-ring (bicyclic) bond motifs is 2. The van der Waals surface area contributed by atoms with Crippen LogP contribution in [0.3, 0.4) is 0 Å². The highest BCUT2D eigenvalue weighted by molar-refractivity contribution is 5.80. The smallest absolute Gasteiger partial charge is 0.336 e. The Labute approximate surface area is 173 Å². The number of carbonyl (C=O) groups is 1. The number of H-pyrrole nitrogens is 1. The summed E-state index contributed by atoms with van der Waals surface area (Å²) in [7, 11) is 0. The third kappa shape index (κ3) is 4.20. The van der Waals surface area contributed by atoms with Crippen LogP contribution in [-0.2, 0) is 4.79 Å². The lowest BCUT2D eigenvalue weighted by Crippen LogP contribution is -2.36. The molecule has 0 aliphatic rings. The lowest BCUT2D eigenvalue weighted by molar-refractivity contribution is -0.124. The SMILES string of the molecule is CCC(C)C(NC(=O)COc1ccc2ccc(=O)oc2c1)c1nc2ccccc2[nH]1. The summed E-state index contributed by atoms with van der Waals surface area (Å²) >= 11 is 0. The fourth-order valence-electron chi connectivity index (χ4n) is 3.33. The Hall–Kier alpha value is -3.61. The number of aromatic amines is 1. The number of amides is 1. The second-order valence-corrected chi connectivity index (χ2v) is 7.31. The van der Waals surface area contributed by atoms with Gasteiger partial charge in [0.25, 0.3) is 5.91 Å². The Kier molecular flexibility index (Phi) is 5.52. The Morgan fingerprint density at radius 1 is 1.20 bits per heavy atom. The summed E-state index contributed by atoms with van der Waals surface area (Å²) < 4.78 is 10.8. The van der Waals surface area contributed by atoms with Gasteiger partial charge < -0.3 is 19.5 Å². The largest absolute Gasteiger partial charge is 0.484 e. The maximum absolute atomic E-state index is 12.6. The van der Waals surface area contributed by atoms with Crippen molar-refractivity contribution < 1.29 is 13.9 Å². The summed E-state index contributed by atoms with van der Waals surface area (Å²) in [6.45, 7) is 3.99. The monoisotopic (exact) mass is 405 g/mol. The van der Waals surface area contributed by atoms with Gasteiger partial charge in [0, 0.05) is 17.5 Å². The molecule has 0 saturated heterocycles. The third-order valence-electron chi connectivity index (χ3n) is 5.20. The molecule has 2 aromatic carbocycles. The predicted octanol–water partition coefficient (Wildman–Crippen LogP) is 3.95. The summed E-state index contributed by atoms with van der Waals surface area (Å²) in [5, 5.41) is 3.82. The molecule has 7 heteroatoms. The molecule has 0 aliphatic heterocycles. The predicted molar refractivity (Wildman–Crippen MR) is 114 cm³/mol. The van der Waals surface area contributed by atoms with Crippen LogP contribution in [0.25, 0.3) is 22.0 Å². The molecule has 4 aromatic rings. The van der Waals surface area contributed by atoms with Crippen molar-refractivity contribution in [3.05, 3.63) is 70.8 Å². The minimum absolute atomic E-state index is 0.157. The van der Waals surface area contributed by atoms with E-state index in [1.54, 1.807) is 24.3 Å². The van der Waals surface area contributed by atoms with E-state index in [2.05, 4.69) is 29.1 Å². The van der Waals surface area contributed by atoms with E-state index in [-0.39, 0.29) is 24.5 Å². The Bertz CT molecular complexity index is 1210. The van der Waals surface area contributed by atoms with Crippen LogP contribution in [0.5, 0.6) is 5.75 Å². The van der Waals surface area contributed by atoms with Crippen LogP contribution >= 0.6 is 0 Å². The zero-order valence-electron chi connectivity index (χ0n) is 16.8. The maximum Gasteiger partial charge on any atom is 0.336 e. The van der Waals surface area contributed by atoms with Crippen LogP contribution in [0.1, 0.15) is 32.1 Å². The van der Waals surface area contributed by atoms with Gasteiger partial charge in [-0.15, -0.1) is 0 Å². The van der Waals surface area contributed by atoms with E-state index in [4.69, 9.17) is 9.15 Å². The lowest BCUT2D eigenvalue weighted by Gasteiger charge is -2.22. The molecule has 0 radical (unpaired) electrons. The van der Waals surface area contributed by atoms with Crippen molar-refractivity contribution in [3.8, 4) is 5.75 Å². The summed E-state index contributed by atoms with van der Waals surface area (Å²) in [5.41, 5.74) is 1.78. The van der Waals surface area contributed by atoms with Gasteiger partial charge in [-0.25, -0.2) is 9.78 Å². The molecule has 2 N–H and O–H groups in total. The Morgan fingerprint density at radius 3 is 2.80 bits per heavy atom. The molecule has 0 saturated carbocycles. The zero-order chi connectivity index (χ0) is 21.1. The van der Waals surface area contributed by atoms with Crippen LogP contribution in [-0.4, -0.2) is 22.5 Å². The molecular formula is C23H23N3O4. The van der Waals surface area contributed by atoms with Gasteiger partial charge in [0.15, 0.2) is 6.61 Å². The molecular weight excluding hydrogens is 382 g/mol. The first kappa shape index (κ1) is 19.7. The van der Waals surface area contributed by atoms with Gasteiger partial charge in [-0.1, -0.05) is 32.4 Å². The number of hydrogen-bond acceptors (Lipinski definition) is 5. The van der Waals surface area contributed by atoms with E-state index in [0.717, 1.165) is 28.7 Å². The van der Waals surface area contributed by atoms with Crippen molar-refractivity contribution in [2.75, 3.05) is 6.61 Å². The molecule has 2 aromatic heterocycles. The van der Waals surface area contributed by atoms with Gasteiger partial charge in [-0.3, -0.25) is 4.79 Å². The van der Waals surface area contributed by atoms with Gasteiger partial charge >= 0.3 is 5.63 Å². The summed E-state index contributed by atoms with van der Waals surface area (Å²) in [6, 6.07) is 15.7. The van der Waals surface area contributed by atoms with E-state index in [0.29, 0.717) is 11.3 Å². The number of para-hydroxylation sites is 2. The second-order valence-electron chi connectivity index (χ2n) is 7.31. The standard InChI is InChI=1S/C23H23N3O4/c1-3-14(2)22(23-24-17-6-4-5-7-18(17)25-23)26-20(27)13-29-16-10-8-15-9-11-21(28)30-19(15)12-16/h4-12,14,22H,3,13H2,1-2H3,(H,24,25)(H,26,27). The van der Waals surface area contributed by atoms with Crippen molar-refractivity contribution in [2.45, 2.75) is 26.3 Å². The topological polar surface area (TPSA) is 97.2 Å². The molecule has 0 spiro atoms. The van der Waals surface area contributed by atoms with Crippen molar-refractivity contribution >= 4 is 27.9 Å². The van der Waals surface area contributed by atoms with Crippen molar-refractivity contribution in [2.24, 2.45) is 5.92 Å². The molecule has 1 amide bonds. The first-order valence-electron chi connectivity index (χ1n) is 9.94. The number of aromatic nitrogens is 2. The fraction of sp³-hybridized carbons (Fsp3) is 0.261. The number of imidazole rings is 1. The Balaban J connectivity index is 1.47. The minimum atomic E-state index is -0.431. The number of ether oxygens (including phenoxy) is 1. The molecule has 2 atom stereocenters. The highest BCUT2D eigenvalue weighted by Gasteiger charge is 2.23. The molecule has 30 heavy (non-hydrogen) atoms. The molecule has 154 valence electrons. The number of rotatable bonds is 7. The van der Waals surface area contributed by atoms with Gasteiger partial charge in [0.05, 0.1) is 17.1 Å². The summed E-state index contributed by atoms with van der Waals surface area (Å²) in [4.78, 5) is 31.9. The van der Waals surface area contributed by atoms with Crippen molar-refractivity contribution in [1.29, 1.82) is 0 Å². The van der Waals surface area contributed by atoms with Gasteiger partial charge in [-0.05, 0) is 36.2 Å². The van der Waals surface area contributed by atoms with Crippen LogP contribution < -0.4 is 15.7 Å². The van der Waals surface area contributed by atoms with E-state index >= 15 is 0 Å². The number of carbonyl (C=O) groups excluding carboxylic acids is 1. The third-order valence-corrected chi connectivity index (χ3v) is 5.20.